The summed E-state index contributed by atoms with van der Waals surface area (Å²) in [7, 11) is 1.48. The van der Waals surface area contributed by atoms with Crippen LogP contribution < -0.4 is 0 Å². The highest BCUT2D eigenvalue weighted by Crippen LogP contribution is 2.21. The molecule has 7 heteroatoms. The zero-order chi connectivity index (χ0) is 18.0. The van der Waals surface area contributed by atoms with Crippen molar-refractivity contribution in [3.05, 3.63) is 41.7 Å². The number of hydrogen-bond donors (Lipinski definition) is 0. The number of likely N-dealkylation sites (tertiary alicyclic amines) is 1. The SMILES string of the molecule is CN1C(=O)CN(C2CCN(C(=O)/C=C/c3ccccc3F)CC2)C1=O. The molecule has 132 valence electrons. The first-order valence-corrected chi connectivity index (χ1v) is 8.26. The number of likely N-dealkylation sites (N-methyl/N-ethyl adjacent to an activating group) is 1. The van der Waals surface area contributed by atoms with Gasteiger partial charge >= 0.3 is 6.03 Å². The van der Waals surface area contributed by atoms with Crippen LogP contribution in [0.25, 0.3) is 6.08 Å². The molecule has 1 aromatic carbocycles. The van der Waals surface area contributed by atoms with Crippen LogP contribution in [-0.4, -0.2) is 65.3 Å². The molecule has 6 nitrogen and oxygen atoms in total. The van der Waals surface area contributed by atoms with E-state index in [4.69, 9.17) is 0 Å². The third-order valence-electron chi connectivity index (χ3n) is 4.74. The number of carbonyl (C=O) groups excluding carboxylic acids is 3. The molecule has 0 bridgehead atoms. The Kier molecular flexibility index (Phi) is 4.83. The van der Waals surface area contributed by atoms with E-state index in [1.54, 1.807) is 28.0 Å². The largest absolute Gasteiger partial charge is 0.339 e. The van der Waals surface area contributed by atoms with Gasteiger partial charge in [-0.25, -0.2) is 9.18 Å². The lowest BCUT2D eigenvalue weighted by molar-refractivity contribution is -0.128. The van der Waals surface area contributed by atoms with Crippen molar-refractivity contribution in [1.29, 1.82) is 0 Å². The van der Waals surface area contributed by atoms with Gasteiger partial charge in [-0.3, -0.25) is 14.5 Å². The number of halogens is 1. The molecule has 0 N–H and O–H groups in total. The number of amides is 4. The van der Waals surface area contributed by atoms with E-state index in [0.29, 0.717) is 31.5 Å². The van der Waals surface area contributed by atoms with E-state index in [9.17, 15) is 18.8 Å². The second kappa shape index (κ2) is 7.04. The number of nitrogens with zero attached hydrogens (tertiary/aromatic N) is 3. The predicted molar refractivity (Wildman–Crippen MR) is 89.9 cm³/mol. The van der Waals surface area contributed by atoms with Gasteiger partial charge < -0.3 is 9.80 Å². The van der Waals surface area contributed by atoms with Crippen molar-refractivity contribution >= 4 is 23.9 Å². The van der Waals surface area contributed by atoms with Gasteiger partial charge in [0.25, 0.3) is 0 Å². The molecule has 2 aliphatic rings. The van der Waals surface area contributed by atoms with Gasteiger partial charge in [0.15, 0.2) is 0 Å². The maximum atomic E-state index is 13.6. The third-order valence-corrected chi connectivity index (χ3v) is 4.74. The molecule has 25 heavy (non-hydrogen) atoms. The minimum atomic E-state index is -0.369. The number of imide groups is 1. The van der Waals surface area contributed by atoms with E-state index >= 15 is 0 Å². The lowest BCUT2D eigenvalue weighted by Gasteiger charge is -2.35. The number of carbonyl (C=O) groups is 3. The molecule has 0 radical (unpaired) electrons. The van der Waals surface area contributed by atoms with Crippen LogP contribution in [0.3, 0.4) is 0 Å². The summed E-state index contributed by atoms with van der Waals surface area (Å²) in [5, 5.41) is 0. The predicted octanol–water partition coefficient (Wildman–Crippen LogP) is 1.72. The van der Waals surface area contributed by atoms with Gasteiger partial charge in [0, 0.05) is 37.8 Å². The first-order chi connectivity index (χ1) is 12.0. The topological polar surface area (TPSA) is 60.9 Å². The average Bonchev–Trinajstić information content (AvgIpc) is 2.88. The van der Waals surface area contributed by atoms with E-state index in [1.807, 2.05) is 0 Å². The van der Waals surface area contributed by atoms with Crippen LogP contribution in [0.5, 0.6) is 0 Å². The molecular weight excluding hydrogens is 325 g/mol. The summed E-state index contributed by atoms with van der Waals surface area (Å²) in [6, 6.07) is 5.97. The Balaban J connectivity index is 1.55. The van der Waals surface area contributed by atoms with Crippen molar-refractivity contribution in [1.82, 2.24) is 14.7 Å². The van der Waals surface area contributed by atoms with Crippen LogP contribution >= 0.6 is 0 Å². The van der Waals surface area contributed by atoms with Gasteiger partial charge in [-0.05, 0) is 25.0 Å². The first kappa shape index (κ1) is 17.1. The molecule has 0 unspecified atom stereocenters. The van der Waals surface area contributed by atoms with E-state index in [-0.39, 0.29) is 36.2 Å². The molecule has 0 atom stereocenters. The van der Waals surface area contributed by atoms with Crippen molar-refractivity contribution in [2.24, 2.45) is 0 Å². The molecule has 0 aromatic heterocycles. The fourth-order valence-corrected chi connectivity index (χ4v) is 3.18. The Morgan fingerprint density at radius 2 is 1.88 bits per heavy atom. The minimum absolute atomic E-state index is 0.0269. The summed E-state index contributed by atoms with van der Waals surface area (Å²) in [6.45, 7) is 1.13. The number of piperidine rings is 1. The number of benzene rings is 1. The van der Waals surface area contributed by atoms with Gasteiger partial charge in [0.1, 0.15) is 12.4 Å². The summed E-state index contributed by atoms with van der Waals surface area (Å²) >= 11 is 0. The van der Waals surface area contributed by atoms with Crippen LogP contribution in [0.4, 0.5) is 9.18 Å². The van der Waals surface area contributed by atoms with Crippen LogP contribution in [0.2, 0.25) is 0 Å². The Morgan fingerprint density at radius 3 is 2.48 bits per heavy atom. The summed E-state index contributed by atoms with van der Waals surface area (Å²) < 4.78 is 13.6. The summed E-state index contributed by atoms with van der Waals surface area (Å²) in [5.41, 5.74) is 0.370. The quantitative estimate of drug-likeness (QED) is 0.619. The van der Waals surface area contributed by atoms with Crippen LogP contribution in [0.1, 0.15) is 18.4 Å². The molecule has 0 aliphatic carbocycles. The van der Waals surface area contributed by atoms with E-state index in [0.717, 1.165) is 4.90 Å². The maximum Gasteiger partial charge on any atom is 0.327 e. The second-order valence-corrected chi connectivity index (χ2v) is 6.27. The van der Waals surface area contributed by atoms with Crippen LogP contribution in [-0.2, 0) is 9.59 Å². The number of hydrogen-bond acceptors (Lipinski definition) is 3. The highest BCUT2D eigenvalue weighted by molar-refractivity contribution is 6.01. The van der Waals surface area contributed by atoms with Crippen molar-refractivity contribution in [2.75, 3.05) is 26.7 Å². The van der Waals surface area contributed by atoms with E-state index in [2.05, 4.69) is 0 Å². The number of urea groups is 1. The standard InChI is InChI=1S/C18H20FN3O3/c1-20-17(24)12-22(18(20)25)14-8-10-21(11-9-14)16(23)7-6-13-4-2-3-5-15(13)19/h2-7,14H,8-12H2,1H3/b7-6+. The molecule has 0 spiro atoms. The molecule has 2 aliphatic heterocycles. The first-order valence-electron chi connectivity index (χ1n) is 8.26. The summed E-state index contributed by atoms with van der Waals surface area (Å²) in [5.74, 6) is -0.745. The Bertz CT molecular complexity index is 726. The van der Waals surface area contributed by atoms with Crippen molar-refractivity contribution in [2.45, 2.75) is 18.9 Å². The Hall–Kier alpha value is -2.70. The highest BCUT2D eigenvalue weighted by atomic mass is 19.1. The van der Waals surface area contributed by atoms with Gasteiger partial charge in [-0.15, -0.1) is 0 Å². The molecule has 0 saturated carbocycles. The Morgan fingerprint density at radius 1 is 1.20 bits per heavy atom. The summed E-state index contributed by atoms with van der Waals surface area (Å²) in [6.07, 6.45) is 4.11. The molecule has 1 aromatic rings. The normalized spacial score (nSPS) is 19.4. The summed E-state index contributed by atoms with van der Waals surface area (Å²) in [4.78, 5) is 40.3. The Labute approximate surface area is 145 Å². The second-order valence-electron chi connectivity index (χ2n) is 6.27. The average molecular weight is 345 g/mol. The van der Waals surface area contributed by atoms with Gasteiger partial charge in [-0.1, -0.05) is 18.2 Å². The highest BCUT2D eigenvalue weighted by Gasteiger charge is 2.38. The molecule has 2 heterocycles. The lowest BCUT2D eigenvalue weighted by atomic mass is 10.0. The van der Waals surface area contributed by atoms with Gasteiger partial charge in [0.2, 0.25) is 11.8 Å². The zero-order valence-corrected chi connectivity index (χ0v) is 14.0. The van der Waals surface area contributed by atoms with Gasteiger partial charge in [-0.2, -0.15) is 0 Å². The lowest BCUT2D eigenvalue weighted by Crippen LogP contribution is -2.47. The molecule has 2 fully saturated rings. The number of rotatable bonds is 3. The van der Waals surface area contributed by atoms with Crippen LogP contribution in [0.15, 0.2) is 30.3 Å². The van der Waals surface area contributed by atoms with Crippen molar-refractivity contribution in [3.8, 4) is 0 Å². The fourth-order valence-electron chi connectivity index (χ4n) is 3.18. The zero-order valence-electron chi connectivity index (χ0n) is 14.0. The molecular formula is C18H20FN3O3. The van der Waals surface area contributed by atoms with E-state index in [1.165, 1.54) is 25.3 Å². The minimum Gasteiger partial charge on any atom is -0.339 e. The van der Waals surface area contributed by atoms with Crippen molar-refractivity contribution < 1.29 is 18.8 Å². The maximum absolute atomic E-state index is 13.6. The molecule has 4 amide bonds. The van der Waals surface area contributed by atoms with Crippen LogP contribution in [0, 0.1) is 5.82 Å². The molecule has 3 rings (SSSR count). The van der Waals surface area contributed by atoms with Gasteiger partial charge in [0.05, 0.1) is 0 Å². The monoisotopic (exact) mass is 345 g/mol. The van der Waals surface area contributed by atoms with Crippen molar-refractivity contribution in [3.63, 3.8) is 0 Å². The molecule has 2 saturated heterocycles. The third kappa shape index (κ3) is 3.55. The smallest absolute Gasteiger partial charge is 0.327 e. The van der Waals surface area contributed by atoms with E-state index < -0.39 is 0 Å². The fraction of sp³-hybridized carbons (Fsp3) is 0.389.